The number of nitrogens with zero attached hydrogens (tertiary/aromatic N) is 2. The smallest absolute Gasteiger partial charge is 0.283 e. The summed E-state index contributed by atoms with van der Waals surface area (Å²) >= 11 is 0. The fraction of sp³-hybridized carbons (Fsp3) is 0.130. The Morgan fingerprint density at radius 3 is 2.03 bits per heavy atom. The Morgan fingerprint density at radius 1 is 0.867 bits per heavy atom. The first-order chi connectivity index (χ1) is 14.5. The van der Waals surface area contributed by atoms with Gasteiger partial charge in [0.1, 0.15) is 11.3 Å². The quantitative estimate of drug-likeness (QED) is 0.350. The Hall–Kier alpha value is -4.00. The van der Waals surface area contributed by atoms with Crippen molar-refractivity contribution in [3.8, 4) is 5.75 Å². The van der Waals surface area contributed by atoms with E-state index in [2.05, 4.69) is 0 Å². The van der Waals surface area contributed by atoms with Gasteiger partial charge < -0.3 is 4.74 Å². The molecular weight excluding hydrogens is 384 g/mol. The van der Waals surface area contributed by atoms with Crippen molar-refractivity contribution in [1.29, 1.82) is 0 Å². The highest BCUT2D eigenvalue weighted by atomic mass is 16.6. The number of methoxy groups -OCH3 is 1. The highest BCUT2D eigenvalue weighted by Crippen LogP contribution is 2.33. The number of anilines is 1. The summed E-state index contributed by atoms with van der Waals surface area (Å²) in [5.41, 5.74) is 2.16. The molecule has 1 aliphatic heterocycles. The zero-order valence-corrected chi connectivity index (χ0v) is 16.2. The summed E-state index contributed by atoms with van der Waals surface area (Å²) in [5.74, 6) is -0.415. The van der Waals surface area contributed by atoms with Crippen molar-refractivity contribution < 1.29 is 19.2 Å². The number of imide groups is 1. The lowest BCUT2D eigenvalue weighted by Crippen LogP contribution is -2.29. The van der Waals surface area contributed by atoms with Crippen LogP contribution in [0.25, 0.3) is 0 Å². The summed E-state index contributed by atoms with van der Waals surface area (Å²) in [7, 11) is 1.63. The Balaban J connectivity index is 1.51. The Kier molecular flexibility index (Phi) is 5.02. The van der Waals surface area contributed by atoms with E-state index in [0.29, 0.717) is 5.69 Å². The van der Waals surface area contributed by atoms with Crippen molar-refractivity contribution in [2.75, 3.05) is 12.0 Å². The van der Waals surface area contributed by atoms with Crippen LogP contribution in [0.5, 0.6) is 5.75 Å². The van der Waals surface area contributed by atoms with Gasteiger partial charge in [0.25, 0.3) is 17.5 Å². The highest BCUT2D eigenvalue weighted by Gasteiger charge is 2.41. The first-order valence-corrected chi connectivity index (χ1v) is 9.37. The van der Waals surface area contributed by atoms with Crippen LogP contribution in [0, 0.1) is 10.1 Å². The number of amides is 2. The maximum Gasteiger partial charge on any atom is 0.283 e. The number of nitro benzene ring substituents is 1. The largest absolute Gasteiger partial charge is 0.497 e. The van der Waals surface area contributed by atoms with Gasteiger partial charge in [-0.1, -0.05) is 30.3 Å². The number of hydrogen-bond donors (Lipinski definition) is 0. The lowest BCUT2D eigenvalue weighted by molar-refractivity contribution is -0.385. The van der Waals surface area contributed by atoms with Crippen LogP contribution < -0.4 is 9.64 Å². The van der Waals surface area contributed by atoms with Gasteiger partial charge in [0.15, 0.2) is 0 Å². The molecule has 0 unspecified atom stereocenters. The molecule has 1 aliphatic rings. The van der Waals surface area contributed by atoms with E-state index in [0.717, 1.165) is 29.1 Å². The normalized spacial score (nSPS) is 12.8. The van der Waals surface area contributed by atoms with Crippen molar-refractivity contribution in [2.24, 2.45) is 0 Å². The summed E-state index contributed by atoms with van der Waals surface area (Å²) in [6.07, 6.45) is 1.63. The second kappa shape index (κ2) is 7.79. The molecule has 7 heteroatoms. The molecule has 0 fully saturated rings. The van der Waals surface area contributed by atoms with E-state index in [1.807, 2.05) is 36.4 Å². The second-order valence-corrected chi connectivity index (χ2v) is 6.92. The first-order valence-electron chi connectivity index (χ1n) is 9.37. The van der Waals surface area contributed by atoms with Crippen molar-refractivity contribution in [3.05, 3.63) is 99.1 Å². The highest BCUT2D eigenvalue weighted by molar-refractivity contribution is 6.35. The average Bonchev–Trinajstić information content (AvgIpc) is 3.03. The number of carbonyl (C=O) groups excluding carboxylic acids is 2. The van der Waals surface area contributed by atoms with Crippen LogP contribution in [0.2, 0.25) is 0 Å². The van der Waals surface area contributed by atoms with Gasteiger partial charge in [0.05, 0.1) is 23.3 Å². The molecule has 0 N–H and O–H groups in total. The molecule has 0 saturated carbocycles. The van der Waals surface area contributed by atoms with Gasteiger partial charge in [-0.15, -0.1) is 0 Å². The maximum atomic E-state index is 12.8. The van der Waals surface area contributed by atoms with Crippen LogP contribution in [0.15, 0.2) is 66.7 Å². The van der Waals surface area contributed by atoms with Gasteiger partial charge in [-0.3, -0.25) is 19.7 Å². The minimum Gasteiger partial charge on any atom is -0.497 e. The Morgan fingerprint density at radius 2 is 1.47 bits per heavy atom. The fourth-order valence-electron chi connectivity index (χ4n) is 3.55. The van der Waals surface area contributed by atoms with Crippen LogP contribution in [0.4, 0.5) is 11.4 Å². The molecule has 0 aliphatic carbocycles. The minimum absolute atomic E-state index is 0.0535. The van der Waals surface area contributed by atoms with Crippen LogP contribution in [-0.2, 0) is 12.8 Å². The van der Waals surface area contributed by atoms with Crippen LogP contribution in [0.1, 0.15) is 31.8 Å². The lowest BCUT2D eigenvalue weighted by atomic mass is 10.0. The molecule has 0 saturated heterocycles. The van der Waals surface area contributed by atoms with Gasteiger partial charge in [-0.2, -0.15) is 0 Å². The minimum atomic E-state index is -0.673. The second-order valence-electron chi connectivity index (χ2n) is 6.92. The van der Waals surface area contributed by atoms with E-state index < -0.39 is 16.7 Å². The van der Waals surface area contributed by atoms with Crippen molar-refractivity contribution in [1.82, 2.24) is 0 Å². The van der Waals surface area contributed by atoms with Gasteiger partial charge in [-0.05, 0) is 54.3 Å². The van der Waals surface area contributed by atoms with Crippen LogP contribution in [-0.4, -0.2) is 23.8 Å². The average molecular weight is 402 g/mol. The van der Waals surface area contributed by atoms with Crippen LogP contribution in [0.3, 0.4) is 0 Å². The third-order valence-electron chi connectivity index (χ3n) is 5.15. The maximum absolute atomic E-state index is 12.8. The monoisotopic (exact) mass is 402 g/mol. The molecule has 1 heterocycles. The standard InChI is InChI=1S/C23H18N2O5/c1-30-18-13-9-16(10-14-18)6-5-15-7-11-17(12-8-15)24-22(26)19-3-2-4-20(25(28)29)21(19)23(24)27/h2-4,7-14H,5-6H2,1H3. The number of fused-ring (bicyclic) bond motifs is 1. The van der Waals surface area contributed by atoms with Crippen molar-refractivity contribution in [3.63, 3.8) is 0 Å². The summed E-state index contributed by atoms with van der Waals surface area (Å²) in [5, 5.41) is 11.2. The molecule has 7 nitrogen and oxygen atoms in total. The molecule has 150 valence electrons. The van der Waals surface area contributed by atoms with E-state index in [1.165, 1.54) is 23.8 Å². The van der Waals surface area contributed by atoms with Crippen molar-refractivity contribution in [2.45, 2.75) is 12.8 Å². The molecule has 3 aromatic rings. The lowest BCUT2D eigenvalue weighted by Gasteiger charge is -2.14. The van der Waals surface area contributed by atoms with Gasteiger partial charge >= 0.3 is 0 Å². The number of carbonyl (C=O) groups is 2. The van der Waals surface area contributed by atoms with Crippen molar-refractivity contribution >= 4 is 23.2 Å². The zero-order chi connectivity index (χ0) is 21.3. The summed E-state index contributed by atoms with van der Waals surface area (Å²) in [6, 6.07) is 19.0. The molecule has 2 amide bonds. The molecule has 0 bridgehead atoms. The zero-order valence-electron chi connectivity index (χ0n) is 16.2. The number of hydrogen-bond acceptors (Lipinski definition) is 5. The summed E-state index contributed by atoms with van der Waals surface area (Å²) < 4.78 is 5.16. The third kappa shape index (κ3) is 3.41. The van der Waals surface area contributed by atoms with E-state index in [-0.39, 0.29) is 16.8 Å². The number of rotatable bonds is 6. The molecule has 0 spiro atoms. The number of nitro groups is 1. The van der Waals surface area contributed by atoms with E-state index in [4.69, 9.17) is 4.74 Å². The number of aryl methyl sites for hydroxylation is 2. The molecular formula is C23H18N2O5. The van der Waals surface area contributed by atoms with E-state index in [9.17, 15) is 19.7 Å². The topological polar surface area (TPSA) is 89.8 Å². The summed E-state index contributed by atoms with van der Waals surface area (Å²) in [6.45, 7) is 0. The number of ether oxygens (including phenoxy) is 1. The predicted molar refractivity (Wildman–Crippen MR) is 111 cm³/mol. The molecule has 3 aromatic carbocycles. The molecule has 0 aromatic heterocycles. The first kappa shape index (κ1) is 19.3. The van der Waals surface area contributed by atoms with Gasteiger partial charge in [-0.25, -0.2) is 4.90 Å². The van der Waals surface area contributed by atoms with E-state index >= 15 is 0 Å². The Bertz CT molecular complexity index is 1140. The fourth-order valence-corrected chi connectivity index (χ4v) is 3.55. The molecule has 30 heavy (non-hydrogen) atoms. The molecule has 4 rings (SSSR count). The third-order valence-corrected chi connectivity index (χ3v) is 5.15. The summed E-state index contributed by atoms with van der Waals surface area (Å²) in [4.78, 5) is 37.1. The Labute approximate surface area is 172 Å². The van der Waals surface area contributed by atoms with E-state index in [1.54, 1.807) is 19.2 Å². The number of benzene rings is 3. The SMILES string of the molecule is COc1ccc(CCc2ccc(N3C(=O)c4cccc([N+](=O)[O-])c4C3=O)cc2)cc1. The predicted octanol–water partition coefficient (Wildman–Crippen LogP) is 4.19. The van der Waals surface area contributed by atoms with Crippen LogP contribution >= 0.6 is 0 Å². The van der Waals surface area contributed by atoms with Gasteiger partial charge in [0.2, 0.25) is 0 Å². The molecule has 0 atom stereocenters. The molecule has 0 radical (unpaired) electrons. The van der Waals surface area contributed by atoms with Gasteiger partial charge in [0, 0.05) is 6.07 Å².